The Kier molecular flexibility index (Phi) is 7.40. The molecule has 0 spiro atoms. The molecule has 2 heterocycles. The number of carbonyl (C=O) groups excluding carboxylic acids is 2. The Bertz CT molecular complexity index is 1110. The highest BCUT2D eigenvalue weighted by Crippen LogP contribution is 2.38. The van der Waals surface area contributed by atoms with Crippen molar-refractivity contribution >= 4 is 40.4 Å². The Morgan fingerprint density at radius 1 is 1.24 bits per heavy atom. The molecule has 1 saturated carbocycles. The van der Waals surface area contributed by atoms with Gasteiger partial charge in [-0.25, -0.2) is 0 Å². The lowest BCUT2D eigenvalue weighted by atomic mass is 10.1. The Hall–Kier alpha value is -2.77. The first-order chi connectivity index (χ1) is 16.0. The van der Waals surface area contributed by atoms with Crippen LogP contribution in [-0.2, 0) is 16.0 Å². The molecule has 1 unspecified atom stereocenters. The van der Waals surface area contributed by atoms with Crippen molar-refractivity contribution in [1.29, 1.82) is 0 Å². The number of thiophene rings is 1. The topological polar surface area (TPSA) is 71.8 Å². The number of carbonyl (C=O) groups is 2. The van der Waals surface area contributed by atoms with Gasteiger partial charge in [-0.15, -0.1) is 11.3 Å². The van der Waals surface area contributed by atoms with E-state index in [4.69, 9.17) is 20.8 Å². The molecule has 2 aromatic heterocycles. The third-order valence-electron chi connectivity index (χ3n) is 5.81. The Morgan fingerprint density at radius 3 is 2.67 bits per heavy atom. The fourth-order valence-electron chi connectivity index (χ4n) is 4.24. The molecule has 3 aromatic rings. The fraction of sp³-hybridized carbons (Fsp3) is 0.360. The quantitative estimate of drug-likeness (QED) is 0.444. The highest BCUT2D eigenvalue weighted by atomic mass is 35.5. The van der Waals surface area contributed by atoms with Gasteiger partial charge in [0.25, 0.3) is 5.91 Å². The highest BCUT2D eigenvalue weighted by molar-refractivity contribution is 7.10. The van der Waals surface area contributed by atoms with Crippen molar-refractivity contribution in [3.8, 4) is 5.75 Å². The molecular weight excluding hydrogens is 460 g/mol. The first-order valence-corrected chi connectivity index (χ1v) is 12.3. The van der Waals surface area contributed by atoms with Gasteiger partial charge in [0, 0.05) is 15.9 Å². The largest absolute Gasteiger partial charge is 0.495 e. The highest BCUT2D eigenvalue weighted by Gasteiger charge is 2.37. The predicted molar refractivity (Wildman–Crippen MR) is 130 cm³/mol. The maximum atomic E-state index is 13.8. The first-order valence-electron chi connectivity index (χ1n) is 11.0. The summed E-state index contributed by atoms with van der Waals surface area (Å²) in [6.45, 7) is 1.81. The fourth-order valence-corrected chi connectivity index (χ4v) is 5.10. The number of aryl methyl sites for hydroxylation is 1. The molecule has 1 atom stereocenters. The number of benzene rings is 1. The lowest BCUT2D eigenvalue weighted by Crippen LogP contribution is -2.46. The second-order valence-electron chi connectivity index (χ2n) is 8.18. The van der Waals surface area contributed by atoms with E-state index in [0.29, 0.717) is 28.0 Å². The molecule has 0 radical (unpaired) electrons. The second-order valence-corrected chi connectivity index (χ2v) is 9.65. The Labute approximate surface area is 202 Å². The van der Waals surface area contributed by atoms with Crippen LogP contribution in [0.3, 0.4) is 0 Å². The van der Waals surface area contributed by atoms with Gasteiger partial charge in [-0.3, -0.25) is 14.5 Å². The van der Waals surface area contributed by atoms with Crippen LogP contribution in [0.25, 0.3) is 0 Å². The summed E-state index contributed by atoms with van der Waals surface area (Å²) in [7, 11) is 1.53. The van der Waals surface area contributed by atoms with Crippen LogP contribution in [0.15, 0.2) is 52.3 Å². The normalized spacial score (nSPS) is 14.8. The van der Waals surface area contributed by atoms with Crippen molar-refractivity contribution in [2.45, 2.75) is 51.1 Å². The summed E-state index contributed by atoms with van der Waals surface area (Å²) in [5, 5.41) is 5.50. The molecule has 0 bridgehead atoms. The van der Waals surface area contributed by atoms with Crippen molar-refractivity contribution < 1.29 is 18.7 Å². The summed E-state index contributed by atoms with van der Waals surface area (Å²) in [4.78, 5) is 29.8. The van der Waals surface area contributed by atoms with E-state index in [-0.39, 0.29) is 24.3 Å². The minimum Gasteiger partial charge on any atom is -0.495 e. The number of nitrogens with zero attached hydrogens (tertiary/aromatic N) is 1. The zero-order chi connectivity index (χ0) is 23.4. The Balaban J connectivity index is 1.80. The van der Waals surface area contributed by atoms with E-state index >= 15 is 0 Å². The number of hydrogen-bond donors (Lipinski definition) is 1. The van der Waals surface area contributed by atoms with Gasteiger partial charge in [0.2, 0.25) is 5.91 Å². The molecule has 1 aliphatic rings. The number of furan rings is 1. The van der Waals surface area contributed by atoms with Gasteiger partial charge in [-0.1, -0.05) is 30.5 Å². The van der Waals surface area contributed by atoms with Gasteiger partial charge in [-0.2, -0.15) is 0 Å². The predicted octanol–water partition coefficient (Wildman–Crippen LogP) is 5.69. The second kappa shape index (κ2) is 10.4. The molecule has 1 aromatic carbocycles. The molecule has 1 fully saturated rings. The van der Waals surface area contributed by atoms with Gasteiger partial charge < -0.3 is 14.5 Å². The van der Waals surface area contributed by atoms with Gasteiger partial charge in [0.05, 0.1) is 19.2 Å². The number of hydrogen-bond acceptors (Lipinski definition) is 5. The minimum atomic E-state index is -1.00. The lowest BCUT2D eigenvalue weighted by Gasteiger charge is -2.32. The maximum absolute atomic E-state index is 13.8. The SMILES string of the molecule is COc1ccc(Cl)cc1N(C(=O)Cc1cccs1)C(C(=O)NC1CCCC1)c1ccc(C)o1. The minimum absolute atomic E-state index is 0.0894. The summed E-state index contributed by atoms with van der Waals surface area (Å²) in [6.07, 6.45) is 4.16. The number of anilines is 1. The maximum Gasteiger partial charge on any atom is 0.251 e. The zero-order valence-corrected chi connectivity index (χ0v) is 20.2. The molecule has 1 N–H and O–H groups in total. The van der Waals surface area contributed by atoms with Crippen molar-refractivity contribution in [2.24, 2.45) is 0 Å². The van der Waals surface area contributed by atoms with Crippen LogP contribution in [0.4, 0.5) is 5.69 Å². The van der Waals surface area contributed by atoms with E-state index in [1.165, 1.54) is 23.3 Å². The number of amides is 2. The Morgan fingerprint density at radius 2 is 2.03 bits per heavy atom. The van der Waals surface area contributed by atoms with Crippen molar-refractivity contribution in [3.63, 3.8) is 0 Å². The molecule has 1 aliphatic carbocycles. The molecule has 174 valence electrons. The number of ether oxygens (including phenoxy) is 1. The summed E-state index contributed by atoms with van der Waals surface area (Å²) < 4.78 is 11.5. The van der Waals surface area contributed by atoms with Crippen LogP contribution in [0.2, 0.25) is 5.02 Å². The van der Waals surface area contributed by atoms with E-state index in [2.05, 4.69) is 5.32 Å². The van der Waals surface area contributed by atoms with E-state index in [9.17, 15) is 9.59 Å². The smallest absolute Gasteiger partial charge is 0.251 e. The zero-order valence-electron chi connectivity index (χ0n) is 18.7. The average molecular weight is 487 g/mol. The van der Waals surface area contributed by atoms with Crippen molar-refractivity contribution in [1.82, 2.24) is 5.32 Å². The summed E-state index contributed by atoms with van der Waals surface area (Å²) in [6, 6.07) is 11.5. The number of methoxy groups -OCH3 is 1. The van der Waals surface area contributed by atoms with Gasteiger partial charge >= 0.3 is 0 Å². The summed E-state index contributed by atoms with van der Waals surface area (Å²) >= 11 is 7.82. The summed E-state index contributed by atoms with van der Waals surface area (Å²) in [5.74, 6) is 0.967. The molecule has 2 amide bonds. The monoisotopic (exact) mass is 486 g/mol. The van der Waals surface area contributed by atoms with Crippen LogP contribution in [0.1, 0.15) is 48.1 Å². The third-order valence-corrected chi connectivity index (χ3v) is 6.92. The summed E-state index contributed by atoms with van der Waals surface area (Å²) in [5.41, 5.74) is 0.423. The van der Waals surface area contributed by atoms with Gasteiger partial charge in [0.15, 0.2) is 6.04 Å². The number of nitrogens with one attached hydrogen (secondary N) is 1. The molecule has 0 saturated heterocycles. The lowest BCUT2D eigenvalue weighted by molar-refractivity contribution is -0.127. The van der Waals surface area contributed by atoms with Crippen molar-refractivity contribution in [2.75, 3.05) is 12.0 Å². The van der Waals surface area contributed by atoms with Crippen LogP contribution in [0, 0.1) is 6.92 Å². The van der Waals surface area contributed by atoms with Gasteiger partial charge in [0.1, 0.15) is 17.3 Å². The standard InChI is InChI=1S/C25H27ClN2O4S/c1-16-9-11-22(32-16)24(25(30)27-18-6-3-4-7-18)28(23(29)15-19-8-5-13-33-19)20-14-17(26)10-12-21(20)31-2/h5,8-14,18,24H,3-4,6-7,15H2,1-2H3,(H,27,30). The van der Waals surface area contributed by atoms with Crippen LogP contribution < -0.4 is 15.0 Å². The van der Waals surface area contributed by atoms with E-state index in [0.717, 1.165) is 30.6 Å². The van der Waals surface area contributed by atoms with Crippen molar-refractivity contribution in [3.05, 3.63) is 69.3 Å². The molecule has 8 heteroatoms. The number of halogens is 1. The number of rotatable bonds is 8. The van der Waals surface area contributed by atoms with Gasteiger partial charge in [-0.05, 0) is 61.5 Å². The molecular formula is C25H27ClN2O4S. The van der Waals surface area contributed by atoms with E-state index < -0.39 is 6.04 Å². The third kappa shape index (κ3) is 5.42. The molecule has 33 heavy (non-hydrogen) atoms. The van der Waals surface area contributed by atoms with Crippen LogP contribution in [-0.4, -0.2) is 25.0 Å². The van der Waals surface area contributed by atoms with E-state index in [1.54, 1.807) is 30.3 Å². The first kappa shape index (κ1) is 23.4. The van der Waals surface area contributed by atoms with Crippen LogP contribution >= 0.6 is 22.9 Å². The van der Waals surface area contributed by atoms with Crippen LogP contribution in [0.5, 0.6) is 5.75 Å². The molecule has 6 nitrogen and oxygen atoms in total. The molecule has 0 aliphatic heterocycles. The average Bonchev–Trinajstić information content (AvgIpc) is 3.56. The van der Waals surface area contributed by atoms with E-state index in [1.807, 2.05) is 24.4 Å². The molecule has 4 rings (SSSR count).